The predicted molar refractivity (Wildman–Crippen MR) is 173 cm³/mol. The van der Waals surface area contributed by atoms with Crippen LogP contribution in [0.2, 0.25) is 18.1 Å². The molecular formula is C35H48N2O9Si. The summed E-state index contributed by atoms with van der Waals surface area (Å²) in [4.78, 5) is 43.3. The molecule has 6 aliphatic rings. The number of carbonyl (C=O) groups is 3. The number of benzene rings is 1. The number of likely N-dealkylation sites (tertiary alicyclic amines) is 2. The van der Waals surface area contributed by atoms with Crippen LogP contribution in [0, 0.1) is 0 Å². The van der Waals surface area contributed by atoms with Crippen LogP contribution >= 0.6 is 0 Å². The maximum atomic E-state index is 13.9. The van der Waals surface area contributed by atoms with Crippen LogP contribution in [0.25, 0.3) is 0 Å². The van der Waals surface area contributed by atoms with Gasteiger partial charge in [0.2, 0.25) is 11.7 Å². The molecule has 6 unspecified atom stereocenters. The Morgan fingerprint density at radius 1 is 1.17 bits per heavy atom. The van der Waals surface area contributed by atoms with Gasteiger partial charge in [0, 0.05) is 38.4 Å². The average molecular weight is 669 g/mol. The van der Waals surface area contributed by atoms with E-state index < -0.39 is 55.3 Å². The largest absolute Gasteiger partial charge is 0.541 e. The standard InChI is InChI=1S/C35H48N2O9Si/c1-32(2,3)47(7,8)46-22-12-11-20-18-25-35(41)14-13-23(29-34(35,15-17-36(25)6)27(20)28(22)43-29)42-30(39)21-10-9-16-37(21)26(38)19-24-31(40)45-33(4,5)44-24/h11-13,21,24-25,29,41H,9-10,14-19H2,1-8H3. The smallest absolute Gasteiger partial charge is 0.338 e. The molecular weight excluding hydrogens is 620 g/mol. The highest BCUT2D eigenvalue weighted by Gasteiger charge is 2.72. The van der Waals surface area contributed by atoms with E-state index in [-0.39, 0.29) is 23.4 Å². The van der Waals surface area contributed by atoms with Crippen LogP contribution in [0.4, 0.5) is 0 Å². The van der Waals surface area contributed by atoms with Crippen molar-refractivity contribution in [2.24, 2.45) is 0 Å². The van der Waals surface area contributed by atoms with Gasteiger partial charge >= 0.3 is 11.9 Å². The van der Waals surface area contributed by atoms with Crippen molar-refractivity contribution in [3.05, 3.63) is 35.1 Å². The fourth-order valence-electron chi connectivity index (χ4n) is 8.55. The molecule has 1 spiro atoms. The van der Waals surface area contributed by atoms with E-state index >= 15 is 0 Å². The Hall–Kier alpha value is -2.93. The molecule has 0 aromatic heterocycles. The van der Waals surface area contributed by atoms with E-state index in [1.807, 2.05) is 12.1 Å². The lowest BCUT2D eigenvalue weighted by Crippen LogP contribution is -2.74. The summed E-state index contributed by atoms with van der Waals surface area (Å²) in [5.41, 5.74) is 0.161. The second-order valence-electron chi connectivity index (χ2n) is 16.2. The van der Waals surface area contributed by atoms with Gasteiger partial charge < -0.3 is 38.3 Å². The van der Waals surface area contributed by atoms with E-state index in [0.29, 0.717) is 55.9 Å². The van der Waals surface area contributed by atoms with Crippen LogP contribution in [0.3, 0.4) is 0 Å². The highest BCUT2D eigenvalue weighted by molar-refractivity contribution is 6.74. The molecule has 11 nitrogen and oxygen atoms in total. The first-order chi connectivity index (χ1) is 21.9. The summed E-state index contributed by atoms with van der Waals surface area (Å²) in [7, 11) is -0.190. The number of nitrogens with zero attached hydrogens (tertiary/aromatic N) is 2. The van der Waals surface area contributed by atoms with Gasteiger partial charge in [0.15, 0.2) is 18.0 Å². The molecule has 1 N–H and O–H groups in total. The molecule has 2 bridgehead atoms. The van der Waals surface area contributed by atoms with Crippen LogP contribution in [-0.2, 0) is 40.4 Å². The number of esters is 2. The first kappa shape index (κ1) is 32.6. The number of cyclic esters (lactones) is 1. The number of carbonyl (C=O) groups excluding carboxylic acids is 3. The Morgan fingerprint density at radius 3 is 2.60 bits per heavy atom. The fourth-order valence-corrected chi connectivity index (χ4v) is 9.57. The predicted octanol–water partition coefficient (Wildman–Crippen LogP) is 3.95. The van der Waals surface area contributed by atoms with E-state index in [0.717, 1.165) is 17.7 Å². The van der Waals surface area contributed by atoms with E-state index in [2.05, 4.69) is 51.9 Å². The minimum Gasteiger partial charge on any atom is -0.541 e. The molecule has 1 aromatic carbocycles. The summed E-state index contributed by atoms with van der Waals surface area (Å²) in [5.74, 6) is -0.896. The van der Waals surface area contributed by atoms with E-state index in [1.54, 1.807) is 13.8 Å². The average Bonchev–Trinajstić information content (AvgIpc) is 3.66. The zero-order chi connectivity index (χ0) is 33.9. The molecule has 256 valence electrons. The van der Waals surface area contributed by atoms with Gasteiger partial charge in [-0.15, -0.1) is 0 Å². The third-order valence-corrected chi connectivity index (χ3v) is 16.3. The summed E-state index contributed by atoms with van der Waals surface area (Å²) in [6.07, 6.45) is 2.55. The quantitative estimate of drug-likeness (QED) is 0.352. The fraction of sp³-hybridized carbons (Fsp3) is 0.686. The third-order valence-electron chi connectivity index (χ3n) is 12.0. The van der Waals surface area contributed by atoms with Gasteiger partial charge in [0.05, 0.1) is 17.4 Å². The van der Waals surface area contributed by atoms with Crippen molar-refractivity contribution in [3.8, 4) is 11.5 Å². The van der Waals surface area contributed by atoms with Crippen molar-refractivity contribution in [1.82, 2.24) is 9.80 Å². The third kappa shape index (κ3) is 4.80. The molecule has 6 atom stereocenters. The highest BCUT2D eigenvalue weighted by Crippen LogP contribution is 2.65. The number of likely N-dealkylation sites (N-methyl/N-ethyl adjacent to an activating group) is 1. The van der Waals surface area contributed by atoms with Gasteiger partial charge in [0.25, 0.3) is 8.32 Å². The number of rotatable bonds is 6. The van der Waals surface area contributed by atoms with Crippen LogP contribution in [0.1, 0.15) is 77.8 Å². The molecule has 4 aliphatic heterocycles. The number of aliphatic hydroxyl groups is 1. The summed E-state index contributed by atoms with van der Waals surface area (Å²) in [5, 5.41) is 12.6. The molecule has 0 radical (unpaired) electrons. The van der Waals surface area contributed by atoms with Gasteiger partial charge in [-0.05, 0) is 75.1 Å². The lowest BCUT2D eigenvalue weighted by atomic mass is 9.50. The van der Waals surface area contributed by atoms with Crippen molar-refractivity contribution < 1.29 is 42.9 Å². The lowest BCUT2D eigenvalue weighted by Gasteiger charge is -2.61. The summed E-state index contributed by atoms with van der Waals surface area (Å²) in [6.45, 7) is 15.4. The summed E-state index contributed by atoms with van der Waals surface area (Å²) in [6, 6.07) is 3.20. The number of amides is 1. The minimum atomic E-state index is -2.25. The molecule has 47 heavy (non-hydrogen) atoms. The molecule has 3 fully saturated rings. The second kappa shape index (κ2) is 10.5. The molecule has 7 rings (SSSR count). The van der Waals surface area contributed by atoms with Gasteiger partial charge in [-0.25, -0.2) is 9.59 Å². The van der Waals surface area contributed by atoms with Crippen molar-refractivity contribution in [3.63, 3.8) is 0 Å². The van der Waals surface area contributed by atoms with Crippen molar-refractivity contribution in [2.75, 3.05) is 20.1 Å². The van der Waals surface area contributed by atoms with Gasteiger partial charge in [-0.3, -0.25) is 4.79 Å². The molecule has 12 heteroatoms. The molecule has 3 saturated heterocycles. The Morgan fingerprint density at radius 2 is 1.91 bits per heavy atom. The lowest BCUT2D eigenvalue weighted by molar-refractivity contribution is -0.171. The normalized spacial score (nSPS) is 33.9. The van der Waals surface area contributed by atoms with Gasteiger partial charge in [0.1, 0.15) is 17.6 Å². The summed E-state index contributed by atoms with van der Waals surface area (Å²) < 4.78 is 30.8. The Bertz CT molecular complexity index is 1570. The first-order valence-corrected chi connectivity index (χ1v) is 19.9. The molecule has 4 heterocycles. The monoisotopic (exact) mass is 668 g/mol. The number of piperidine rings is 1. The van der Waals surface area contributed by atoms with Crippen molar-refractivity contribution >= 4 is 26.2 Å². The molecule has 0 saturated carbocycles. The molecule has 2 aliphatic carbocycles. The van der Waals surface area contributed by atoms with Crippen molar-refractivity contribution in [1.29, 1.82) is 0 Å². The molecule has 1 aromatic rings. The Kier molecular flexibility index (Phi) is 7.31. The second-order valence-corrected chi connectivity index (χ2v) is 21.0. The Labute approximate surface area is 277 Å². The zero-order valence-electron chi connectivity index (χ0n) is 28.8. The summed E-state index contributed by atoms with van der Waals surface area (Å²) >= 11 is 0. The number of hydrogen-bond donors (Lipinski definition) is 1. The van der Waals surface area contributed by atoms with Gasteiger partial charge in [-0.2, -0.15) is 0 Å². The highest BCUT2D eigenvalue weighted by atomic mass is 28.4. The maximum Gasteiger partial charge on any atom is 0.338 e. The van der Waals surface area contributed by atoms with Crippen LogP contribution < -0.4 is 9.16 Å². The molecule has 1 amide bonds. The first-order valence-electron chi connectivity index (χ1n) is 16.9. The van der Waals surface area contributed by atoms with E-state index in [9.17, 15) is 19.5 Å². The number of hydrogen-bond acceptors (Lipinski definition) is 10. The van der Waals surface area contributed by atoms with Crippen molar-refractivity contribution in [2.45, 2.75) is 132 Å². The van der Waals surface area contributed by atoms with E-state index in [1.165, 1.54) is 4.90 Å². The van der Waals surface area contributed by atoms with Crippen LogP contribution in [-0.4, -0.2) is 96.9 Å². The van der Waals surface area contributed by atoms with Crippen LogP contribution in [0.15, 0.2) is 24.0 Å². The van der Waals surface area contributed by atoms with Crippen LogP contribution in [0.5, 0.6) is 11.5 Å². The topological polar surface area (TPSA) is 124 Å². The SMILES string of the molecule is CN1CCC23c4c5ccc(O[Si](C)(C)C(C)(C)C)c4OC2C(OC(=O)C2CCCN2C(=O)CC2OC(C)(C)OC2=O)=CCC3(O)C1C5. The number of ether oxygens (including phenoxy) is 4. The van der Waals surface area contributed by atoms with E-state index in [4.69, 9.17) is 23.4 Å². The van der Waals surface area contributed by atoms with Gasteiger partial charge in [-0.1, -0.05) is 26.8 Å². The maximum absolute atomic E-state index is 13.9. The Balaban J connectivity index is 1.19. The zero-order valence-corrected chi connectivity index (χ0v) is 29.8. The minimum absolute atomic E-state index is 0.0375.